The van der Waals surface area contributed by atoms with Gasteiger partial charge in [-0.1, -0.05) is 0 Å². The zero-order chi connectivity index (χ0) is 14.8. The number of piperazine rings is 1. The van der Waals surface area contributed by atoms with Gasteiger partial charge in [0.25, 0.3) is 0 Å². The summed E-state index contributed by atoms with van der Waals surface area (Å²) >= 11 is 0. The van der Waals surface area contributed by atoms with Crippen LogP contribution in [-0.2, 0) is 10.9 Å². The quantitative estimate of drug-likeness (QED) is 0.782. The molecular weight excluding hydrogens is 277 g/mol. The molecule has 1 aliphatic rings. The Morgan fingerprint density at radius 1 is 1.20 bits per heavy atom. The lowest BCUT2D eigenvalue weighted by molar-refractivity contribution is -0.141. The molecule has 1 fully saturated rings. The van der Waals surface area contributed by atoms with E-state index in [4.69, 9.17) is 0 Å². The fourth-order valence-electron chi connectivity index (χ4n) is 1.88. The Morgan fingerprint density at radius 3 is 2.30 bits per heavy atom. The Bertz CT molecular complexity index is 470. The number of nitrogens with zero attached hydrogens (tertiary/aromatic N) is 4. The highest BCUT2D eigenvalue weighted by Gasteiger charge is 2.33. The van der Waals surface area contributed by atoms with Crippen LogP contribution in [0.5, 0.6) is 0 Å². The molecular formula is C11H13F3N4O2. The second-order valence-electron chi connectivity index (χ2n) is 4.20. The number of hydrogen-bond donors (Lipinski definition) is 0. The number of carbonyl (C=O) groups excluding carboxylic acids is 1. The Morgan fingerprint density at radius 2 is 1.85 bits per heavy atom. The van der Waals surface area contributed by atoms with Gasteiger partial charge in [0.05, 0.1) is 19.5 Å². The highest BCUT2D eigenvalue weighted by Crippen LogP contribution is 2.27. The molecule has 6 nitrogen and oxygen atoms in total. The monoisotopic (exact) mass is 290 g/mol. The van der Waals surface area contributed by atoms with Gasteiger partial charge < -0.3 is 14.5 Å². The average molecular weight is 290 g/mol. The number of hydrogen-bond acceptors (Lipinski definition) is 5. The molecule has 0 bridgehead atoms. The SMILES string of the molecule is COC(=O)N1CCN(c2cnc(C(F)(F)F)cn2)CC1. The number of aromatic nitrogens is 2. The summed E-state index contributed by atoms with van der Waals surface area (Å²) in [6, 6.07) is 0. The Labute approximate surface area is 113 Å². The minimum absolute atomic E-state index is 0.363. The molecule has 1 aromatic rings. The van der Waals surface area contributed by atoms with Gasteiger partial charge >= 0.3 is 12.3 Å². The molecule has 0 atom stereocenters. The summed E-state index contributed by atoms with van der Waals surface area (Å²) in [5.41, 5.74) is -1.02. The molecule has 20 heavy (non-hydrogen) atoms. The molecule has 0 aromatic carbocycles. The number of halogens is 3. The lowest BCUT2D eigenvalue weighted by Crippen LogP contribution is -2.49. The molecule has 0 N–H and O–H groups in total. The van der Waals surface area contributed by atoms with E-state index in [9.17, 15) is 18.0 Å². The van der Waals surface area contributed by atoms with Crippen molar-refractivity contribution >= 4 is 11.9 Å². The van der Waals surface area contributed by atoms with E-state index in [2.05, 4.69) is 14.7 Å². The second-order valence-corrected chi connectivity index (χ2v) is 4.20. The summed E-state index contributed by atoms with van der Waals surface area (Å²) in [4.78, 5) is 21.7. The van der Waals surface area contributed by atoms with Crippen LogP contribution in [0.15, 0.2) is 12.4 Å². The minimum Gasteiger partial charge on any atom is -0.453 e. The first-order chi connectivity index (χ1) is 9.41. The highest BCUT2D eigenvalue weighted by molar-refractivity contribution is 5.67. The van der Waals surface area contributed by atoms with E-state index in [-0.39, 0.29) is 0 Å². The van der Waals surface area contributed by atoms with Crippen molar-refractivity contribution in [3.05, 3.63) is 18.1 Å². The first-order valence-corrected chi connectivity index (χ1v) is 5.89. The Kier molecular flexibility index (Phi) is 3.96. The smallest absolute Gasteiger partial charge is 0.434 e. The molecule has 1 saturated heterocycles. The number of ether oxygens (including phenoxy) is 1. The van der Waals surface area contributed by atoms with E-state index in [0.717, 1.165) is 6.20 Å². The molecule has 1 aliphatic heterocycles. The van der Waals surface area contributed by atoms with Gasteiger partial charge in [-0.05, 0) is 0 Å². The third-order valence-corrected chi connectivity index (χ3v) is 2.97. The van der Waals surface area contributed by atoms with Crippen LogP contribution in [0.4, 0.5) is 23.8 Å². The van der Waals surface area contributed by atoms with Crippen molar-refractivity contribution in [1.82, 2.24) is 14.9 Å². The van der Waals surface area contributed by atoms with Crippen molar-refractivity contribution in [1.29, 1.82) is 0 Å². The van der Waals surface area contributed by atoms with Crippen molar-refractivity contribution in [2.24, 2.45) is 0 Å². The topological polar surface area (TPSA) is 58.6 Å². The number of anilines is 1. The minimum atomic E-state index is -4.49. The largest absolute Gasteiger partial charge is 0.453 e. The fourth-order valence-corrected chi connectivity index (χ4v) is 1.88. The maximum atomic E-state index is 12.4. The van der Waals surface area contributed by atoms with Crippen molar-refractivity contribution in [2.45, 2.75) is 6.18 Å². The number of rotatable bonds is 1. The normalized spacial score (nSPS) is 16.2. The van der Waals surface area contributed by atoms with Crippen molar-refractivity contribution in [3.8, 4) is 0 Å². The molecule has 0 radical (unpaired) electrons. The van der Waals surface area contributed by atoms with E-state index in [0.29, 0.717) is 38.2 Å². The van der Waals surface area contributed by atoms with Crippen LogP contribution in [0.25, 0.3) is 0 Å². The molecule has 0 spiro atoms. The van der Waals surface area contributed by atoms with Crippen LogP contribution in [0.1, 0.15) is 5.69 Å². The molecule has 1 amide bonds. The van der Waals surface area contributed by atoms with Gasteiger partial charge in [0.1, 0.15) is 5.82 Å². The average Bonchev–Trinajstić information content (AvgIpc) is 2.46. The van der Waals surface area contributed by atoms with Crippen molar-refractivity contribution in [3.63, 3.8) is 0 Å². The van der Waals surface area contributed by atoms with Gasteiger partial charge in [-0.2, -0.15) is 13.2 Å². The maximum absolute atomic E-state index is 12.4. The van der Waals surface area contributed by atoms with E-state index >= 15 is 0 Å². The van der Waals surface area contributed by atoms with Crippen LogP contribution >= 0.6 is 0 Å². The van der Waals surface area contributed by atoms with Crippen molar-refractivity contribution in [2.75, 3.05) is 38.2 Å². The van der Waals surface area contributed by atoms with E-state index in [1.54, 1.807) is 4.90 Å². The predicted molar refractivity (Wildman–Crippen MR) is 63.2 cm³/mol. The maximum Gasteiger partial charge on any atom is 0.434 e. The van der Waals surface area contributed by atoms with Gasteiger partial charge in [0, 0.05) is 26.2 Å². The molecule has 1 aromatic heterocycles. The highest BCUT2D eigenvalue weighted by atomic mass is 19.4. The fraction of sp³-hybridized carbons (Fsp3) is 0.545. The van der Waals surface area contributed by atoms with Gasteiger partial charge in [0.15, 0.2) is 5.69 Å². The summed E-state index contributed by atoms with van der Waals surface area (Å²) in [5, 5.41) is 0. The van der Waals surface area contributed by atoms with E-state index in [1.807, 2.05) is 0 Å². The summed E-state index contributed by atoms with van der Waals surface area (Å²) in [7, 11) is 1.30. The van der Waals surface area contributed by atoms with Gasteiger partial charge in [-0.3, -0.25) is 0 Å². The van der Waals surface area contributed by atoms with Gasteiger partial charge in [-0.25, -0.2) is 14.8 Å². The Balaban J connectivity index is 1.99. The summed E-state index contributed by atoms with van der Waals surface area (Å²) in [5.74, 6) is 0.363. The van der Waals surface area contributed by atoms with Crippen LogP contribution < -0.4 is 4.90 Å². The lowest BCUT2D eigenvalue weighted by atomic mass is 10.3. The molecule has 0 unspecified atom stereocenters. The first-order valence-electron chi connectivity index (χ1n) is 5.89. The lowest BCUT2D eigenvalue weighted by Gasteiger charge is -2.34. The zero-order valence-corrected chi connectivity index (χ0v) is 10.7. The van der Waals surface area contributed by atoms with Crippen molar-refractivity contribution < 1.29 is 22.7 Å². The third kappa shape index (κ3) is 3.09. The summed E-state index contributed by atoms with van der Waals surface area (Å²) < 4.78 is 41.7. The molecule has 0 aliphatic carbocycles. The number of carbonyl (C=O) groups is 1. The van der Waals surface area contributed by atoms with Crippen LogP contribution in [-0.4, -0.2) is 54.2 Å². The molecule has 9 heteroatoms. The summed E-state index contributed by atoms with van der Waals surface area (Å²) in [6.07, 6.45) is -3.10. The second kappa shape index (κ2) is 5.51. The van der Waals surface area contributed by atoms with Crippen LogP contribution in [0, 0.1) is 0 Å². The summed E-state index contributed by atoms with van der Waals surface area (Å²) in [6.45, 7) is 1.79. The standard InChI is InChI=1S/C11H13F3N4O2/c1-20-10(19)18-4-2-17(3-5-18)9-7-15-8(6-16-9)11(12,13)14/h6-7H,2-5H2,1H3. The van der Waals surface area contributed by atoms with E-state index < -0.39 is 18.0 Å². The molecule has 2 heterocycles. The van der Waals surface area contributed by atoms with Gasteiger partial charge in [-0.15, -0.1) is 0 Å². The molecule has 0 saturated carbocycles. The molecule has 2 rings (SSSR count). The van der Waals surface area contributed by atoms with Crippen LogP contribution in [0.2, 0.25) is 0 Å². The number of alkyl halides is 3. The zero-order valence-electron chi connectivity index (χ0n) is 10.7. The van der Waals surface area contributed by atoms with Crippen LogP contribution in [0.3, 0.4) is 0 Å². The Hall–Kier alpha value is -2.06. The number of amides is 1. The van der Waals surface area contributed by atoms with E-state index in [1.165, 1.54) is 12.0 Å². The first kappa shape index (κ1) is 14.4. The van der Waals surface area contributed by atoms with Gasteiger partial charge in [0.2, 0.25) is 0 Å². The molecule has 110 valence electrons. The third-order valence-electron chi connectivity index (χ3n) is 2.97. The predicted octanol–water partition coefficient (Wildman–Crippen LogP) is 1.38. The number of methoxy groups -OCH3 is 1.